The quantitative estimate of drug-likeness (QED) is 0.587. The van der Waals surface area contributed by atoms with E-state index in [1.165, 1.54) is 32.8 Å². The zero-order valence-corrected chi connectivity index (χ0v) is 13.4. The van der Waals surface area contributed by atoms with E-state index >= 15 is 0 Å². The molecule has 0 amide bonds. The van der Waals surface area contributed by atoms with Crippen LogP contribution in [0.4, 0.5) is 0 Å². The Morgan fingerprint density at radius 2 is 1.68 bits per heavy atom. The van der Waals surface area contributed by atoms with E-state index in [1.807, 2.05) is 13.8 Å². The fourth-order valence-corrected chi connectivity index (χ4v) is 2.29. The summed E-state index contributed by atoms with van der Waals surface area (Å²) >= 11 is 0. The van der Waals surface area contributed by atoms with Crippen molar-refractivity contribution in [3.05, 3.63) is 0 Å². The summed E-state index contributed by atoms with van der Waals surface area (Å²) in [6.07, 6.45) is 4.71. The molecule has 0 aromatic rings. The second-order valence-corrected chi connectivity index (χ2v) is 5.34. The fraction of sp³-hybridized carbons (Fsp3) is 0.933. The number of unbranched alkanes of at least 4 members (excludes halogenated alkanes) is 2. The number of nitrogens with zero attached hydrogens (tertiary/aromatic N) is 1. The van der Waals surface area contributed by atoms with Crippen LogP contribution in [0.15, 0.2) is 0 Å². The van der Waals surface area contributed by atoms with Crippen LogP contribution in [0, 0.1) is 0 Å². The molecule has 4 nitrogen and oxygen atoms in total. The standard InChI is InChI=1S/C15H32N2O2/c1-6-9-11-17(12-10-7-2)13-15(4,16-8-3)14(18)19-5/h16H,6-13H2,1-5H3. The molecule has 1 atom stereocenters. The highest BCUT2D eigenvalue weighted by Gasteiger charge is 2.35. The maximum Gasteiger partial charge on any atom is 0.327 e. The first-order chi connectivity index (χ1) is 9.03. The van der Waals surface area contributed by atoms with Gasteiger partial charge < -0.3 is 15.0 Å². The Labute approximate surface area is 118 Å². The number of rotatable bonds is 11. The van der Waals surface area contributed by atoms with Gasteiger partial charge in [0.2, 0.25) is 0 Å². The maximum absolute atomic E-state index is 12.0. The van der Waals surface area contributed by atoms with E-state index in [-0.39, 0.29) is 5.97 Å². The van der Waals surface area contributed by atoms with E-state index in [1.54, 1.807) is 0 Å². The van der Waals surface area contributed by atoms with Crippen molar-refractivity contribution in [2.75, 3.05) is 33.3 Å². The topological polar surface area (TPSA) is 41.6 Å². The first-order valence-electron chi connectivity index (χ1n) is 7.59. The molecule has 0 rings (SSSR count). The summed E-state index contributed by atoms with van der Waals surface area (Å²) in [6.45, 7) is 11.9. The molecule has 1 N–H and O–H groups in total. The molecule has 0 fully saturated rings. The molecule has 19 heavy (non-hydrogen) atoms. The zero-order chi connectivity index (χ0) is 14.7. The van der Waals surface area contributed by atoms with Gasteiger partial charge in [0.1, 0.15) is 5.54 Å². The Kier molecular flexibility index (Phi) is 9.88. The van der Waals surface area contributed by atoms with Crippen LogP contribution in [0.25, 0.3) is 0 Å². The number of ether oxygens (including phenoxy) is 1. The molecule has 114 valence electrons. The van der Waals surface area contributed by atoms with Crippen LogP contribution in [0.5, 0.6) is 0 Å². The van der Waals surface area contributed by atoms with Gasteiger partial charge in [-0.05, 0) is 39.4 Å². The Hall–Kier alpha value is -0.610. The fourth-order valence-electron chi connectivity index (χ4n) is 2.29. The van der Waals surface area contributed by atoms with E-state index in [0.717, 1.165) is 19.6 Å². The molecular weight excluding hydrogens is 240 g/mol. The molecule has 0 aliphatic carbocycles. The summed E-state index contributed by atoms with van der Waals surface area (Å²) in [5.41, 5.74) is -0.606. The van der Waals surface area contributed by atoms with Crippen LogP contribution in [0.1, 0.15) is 53.4 Å². The smallest absolute Gasteiger partial charge is 0.327 e. The first-order valence-corrected chi connectivity index (χ1v) is 7.59. The number of carbonyl (C=O) groups is 1. The Morgan fingerprint density at radius 3 is 2.05 bits per heavy atom. The summed E-state index contributed by atoms with van der Waals surface area (Å²) < 4.78 is 4.95. The van der Waals surface area contributed by atoms with Crippen LogP contribution in [-0.2, 0) is 9.53 Å². The highest BCUT2D eigenvalue weighted by molar-refractivity contribution is 5.80. The summed E-state index contributed by atoms with van der Waals surface area (Å²) in [5, 5.41) is 3.28. The number of nitrogens with one attached hydrogen (secondary N) is 1. The number of likely N-dealkylation sites (N-methyl/N-ethyl adjacent to an activating group) is 1. The SMILES string of the molecule is CCCCN(CCCC)CC(C)(NCC)C(=O)OC. The van der Waals surface area contributed by atoms with Crippen molar-refractivity contribution < 1.29 is 9.53 Å². The lowest BCUT2D eigenvalue weighted by atomic mass is 10.0. The molecule has 0 spiro atoms. The van der Waals surface area contributed by atoms with Crippen LogP contribution in [0.2, 0.25) is 0 Å². The molecule has 0 aliphatic rings. The van der Waals surface area contributed by atoms with Gasteiger partial charge in [0.25, 0.3) is 0 Å². The number of hydrogen-bond acceptors (Lipinski definition) is 4. The second kappa shape index (κ2) is 10.2. The number of carbonyl (C=O) groups excluding carboxylic acids is 1. The van der Waals surface area contributed by atoms with Crippen molar-refractivity contribution >= 4 is 5.97 Å². The first kappa shape index (κ1) is 18.4. The van der Waals surface area contributed by atoms with Crippen molar-refractivity contribution in [3.8, 4) is 0 Å². The second-order valence-electron chi connectivity index (χ2n) is 5.34. The molecular formula is C15H32N2O2. The predicted molar refractivity (Wildman–Crippen MR) is 80.4 cm³/mol. The van der Waals surface area contributed by atoms with E-state index in [9.17, 15) is 4.79 Å². The van der Waals surface area contributed by atoms with Gasteiger partial charge in [-0.3, -0.25) is 4.79 Å². The summed E-state index contributed by atoms with van der Waals surface area (Å²) in [5.74, 6) is -0.174. The molecule has 0 radical (unpaired) electrons. The van der Waals surface area contributed by atoms with Gasteiger partial charge in [0.15, 0.2) is 0 Å². The minimum atomic E-state index is -0.606. The van der Waals surface area contributed by atoms with Crippen LogP contribution < -0.4 is 5.32 Å². The van der Waals surface area contributed by atoms with Crippen LogP contribution >= 0.6 is 0 Å². The average Bonchev–Trinajstić information content (AvgIpc) is 2.41. The van der Waals surface area contributed by atoms with E-state index in [4.69, 9.17) is 4.74 Å². The molecule has 0 saturated carbocycles. The van der Waals surface area contributed by atoms with Gasteiger partial charge >= 0.3 is 5.97 Å². The van der Waals surface area contributed by atoms with Crippen molar-refractivity contribution in [1.29, 1.82) is 0 Å². The molecule has 0 aliphatic heterocycles. The van der Waals surface area contributed by atoms with Crippen molar-refractivity contribution in [1.82, 2.24) is 10.2 Å². The van der Waals surface area contributed by atoms with E-state index in [0.29, 0.717) is 6.54 Å². The highest BCUT2D eigenvalue weighted by Crippen LogP contribution is 2.11. The van der Waals surface area contributed by atoms with E-state index in [2.05, 4.69) is 24.1 Å². The minimum absolute atomic E-state index is 0.174. The third-order valence-corrected chi connectivity index (χ3v) is 3.40. The zero-order valence-electron chi connectivity index (χ0n) is 13.4. The summed E-state index contributed by atoms with van der Waals surface area (Å²) in [6, 6.07) is 0. The maximum atomic E-state index is 12.0. The monoisotopic (exact) mass is 272 g/mol. The molecule has 4 heteroatoms. The molecule has 0 aromatic heterocycles. The van der Waals surface area contributed by atoms with Crippen molar-refractivity contribution in [2.45, 2.75) is 58.9 Å². The largest absolute Gasteiger partial charge is 0.468 e. The van der Waals surface area contributed by atoms with Crippen LogP contribution in [0.3, 0.4) is 0 Å². The van der Waals surface area contributed by atoms with Crippen LogP contribution in [-0.4, -0.2) is 49.7 Å². The number of methoxy groups -OCH3 is 1. The summed E-state index contributed by atoms with van der Waals surface area (Å²) in [4.78, 5) is 14.4. The van der Waals surface area contributed by atoms with Gasteiger partial charge in [-0.2, -0.15) is 0 Å². The molecule has 0 heterocycles. The Bertz CT molecular complexity index is 238. The van der Waals surface area contributed by atoms with Gasteiger partial charge in [0, 0.05) is 6.54 Å². The van der Waals surface area contributed by atoms with Crippen molar-refractivity contribution in [2.24, 2.45) is 0 Å². The Balaban J connectivity index is 4.65. The molecule has 0 saturated heterocycles. The minimum Gasteiger partial charge on any atom is -0.468 e. The van der Waals surface area contributed by atoms with Crippen molar-refractivity contribution in [3.63, 3.8) is 0 Å². The van der Waals surface area contributed by atoms with Gasteiger partial charge in [-0.15, -0.1) is 0 Å². The lowest BCUT2D eigenvalue weighted by Crippen LogP contribution is -2.57. The number of esters is 1. The molecule has 0 bridgehead atoms. The summed E-state index contributed by atoms with van der Waals surface area (Å²) in [7, 11) is 1.46. The van der Waals surface area contributed by atoms with Gasteiger partial charge in [-0.1, -0.05) is 33.6 Å². The van der Waals surface area contributed by atoms with E-state index < -0.39 is 5.54 Å². The highest BCUT2D eigenvalue weighted by atomic mass is 16.5. The Morgan fingerprint density at radius 1 is 1.16 bits per heavy atom. The third kappa shape index (κ3) is 6.92. The molecule has 0 aromatic carbocycles. The number of hydrogen-bond donors (Lipinski definition) is 1. The molecule has 1 unspecified atom stereocenters. The lowest BCUT2D eigenvalue weighted by Gasteiger charge is -2.34. The lowest BCUT2D eigenvalue weighted by molar-refractivity contribution is -0.148. The van der Waals surface area contributed by atoms with Gasteiger partial charge in [0.05, 0.1) is 7.11 Å². The van der Waals surface area contributed by atoms with Gasteiger partial charge in [-0.25, -0.2) is 0 Å². The predicted octanol–water partition coefficient (Wildman–Crippen LogP) is 2.43. The third-order valence-electron chi connectivity index (χ3n) is 3.40. The average molecular weight is 272 g/mol. The normalized spacial score (nSPS) is 14.4.